The van der Waals surface area contributed by atoms with Crippen LogP contribution in [0.15, 0.2) is 83.8 Å². The van der Waals surface area contributed by atoms with Crippen molar-refractivity contribution in [3.05, 3.63) is 95.8 Å². The molecule has 2 atom stereocenters. The third-order valence-corrected chi connectivity index (χ3v) is 8.19. The highest BCUT2D eigenvalue weighted by molar-refractivity contribution is 7.92. The lowest BCUT2D eigenvalue weighted by atomic mass is 10.1. The second kappa shape index (κ2) is 12.7. The minimum atomic E-state index is -4.13. The highest BCUT2D eigenvalue weighted by Gasteiger charge is 2.33. The van der Waals surface area contributed by atoms with E-state index in [4.69, 9.17) is 0 Å². The van der Waals surface area contributed by atoms with Crippen LogP contribution in [0.3, 0.4) is 0 Å². The second-order valence-electron chi connectivity index (χ2n) is 9.27. The number of aryl methyl sites for hydroxylation is 1. The number of nitrogens with one attached hydrogen (secondary N) is 1. The van der Waals surface area contributed by atoms with Crippen molar-refractivity contribution < 1.29 is 22.4 Å². The molecule has 0 saturated heterocycles. The first kappa shape index (κ1) is 28.8. The number of sulfonamides is 1. The SMILES string of the molecule is CC[C@@H](C)NC(=O)[C@@H](C)N(Cc1ccccc1F)C(=O)CN(c1ccc(C)cc1)S(=O)(=O)c1ccccc1. The number of carbonyl (C=O) groups is 2. The number of hydrogen-bond acceptors (Lipinski definition) is 4. The van der Waals surface area contributed by atoms with E-state index in [0.29, 0.717) is 12.1 Å². The Balaban J connectivity index is 2.02. The quantitative estimate of drug-likeness (QED) is 0.384. The Morgan fingerprint density at radius 1 is 0.921 bits per heavy atom. The van der Waals surface area contributed by atoms with Gasteiger partial charge in [0, 0.05) is 18.2 Å². The topological polar surface area (TPSA) is 86.8 Å². The number of anilines is 1. The van der Waals surface area contributed by atoms with E-state index in [1.54, 1.807) is 55.5 Å². The van der Waals surface area contributed by atoms with E-state index in [9.17, 15) is 22.4 Å². The predicted molar refractivity (Wildman–Crippen MR) is 146 cm³/mol. The van der Waals surface area contributed by atoms with Crippen LogP contribution in [0.1, 0.15) is 38.3 Å². The fourth-order valence-corrected chi connectivity index (χ4v) is 5.25. The van der Waals surface area contributed by atoms with Crippen molar-refractivity contribution in [2.24, 2.45) is 0 Å². The van der Waals surface area contributed by atoms with Crippen molar-refractivity contribution in [2.45, 2.75) is 57.6 Å². The number of carbonyl (C=O) groups excluding carboxylic acids is 2. The van der Waals surface area contributed by atoms with Crippen molar-refractivity contribution in [2.75, 3.05) is 10.8 Å². The van der Waals surface area contributed by atoms with Gasteiger partial charge in [0.15, 0.2) is 0 Å². The second-order valence-corrected chi connectivity index (χ2v) is 11.1. The van der Waals surface area contributed by atoms with E-state index >= 15 is 0 Å². The van der Waals surface area contributed by atoms with Crippen LogP contribution in [0, 0.1) is 12.7 Å². The van der Waals surface area contributed by atoms with Crippen LogP contribution in [-0.4, -0.2) is 43.8 Å². The van der Waals surface area contributed by atoms with Gasteiger partial charge in [-0.05, 0) is 57.5 Å². The smallest absolute Gasteiger partial charge is 0.264 e. The van der Waals surface area contributed by atoms with Crippen molar-refractivity contribution in [1.29, 1.82) is 0 Å². The Morgan fingerprint density at radius 3 is 2.13 bits per heavy atom. The molecule has 0 bridgehead atoms. The number of rotatable bonds is 11. The molecule has 0 fully saturated rings. The molecule has 202 valence electrons. The van der Waals surface area contributed by atoms with Crippen molar-refractivity contribution in [3.8, 4) is 0 Å². The molecule has 1 N–H and O–H groups in total. The Hall–Kier alpha value is -3.72. The normalized spacial score (nSPS) is 12.9. The summed E-state index contributed by atoms with van der Waals surface area (Å²) in [6.07, 6.45) is 0.691. The largest absolute Gasteiger partial charge is 0.352 e. The number of amides is 2. The van der Waals surface area contributed by atoms with Gasteiger partial charge in [0.2, 0.25) is 11.8 Å². The van der Waals surface area contributed by atoms with Crippen LogP contribution >= 0.6 is 0 Å². The summed E-state index contributed by atoms with van der Waals surface area (Å²) < 4.78 is 43.0. The van der Waals surface area contributed by atoms with Gasteiger partial charge in [-0.1, -0.05) is 61.0 Å². The summed E-state index contributed by atoms with van der Waals surface area (Å²) in [5, 5.41) is 2.85. The van der Waals surface area contributed by atoms with Gasteiger partial charge in [0.05, 0.1) is 10.6 Å². The monoisotopic (exact) mass is 539 g/mol. The molecule has 0 saturated carbocycles. The summed E-state index contributed by atoms with van der Waals surface area (Å²) in [7, 11) is -4.13. The molecule has 0 aliphatic rings. The van der Waals surface area contributed by atoms with Crippen molar-refractivity contribution in [1.82, 2.24) is 10.2 Å². The molecule has 3 rings (SSSR count). The molecule has 3 aromatic carbocycles. The maximum Gasteiger partial charge on any atom is 0.264 e. The first-order chi connectivity index (χ1) is 18.0. The van der Waals surface area contributed by atoms with Crippen LogP contribution in [-0.2, 0) is 26.2 Å². The van der Waals surface area contributed by atoms with Crippen LogP contribution in [0.4, 0.5) is 10.1 Å². The Morgan fingerprint density at radius 2 is 1.53 bits per heavy atom. The van der Waals surface area contributed by atoms with Crippen molar-refractivity contribution in [3.63, 3.8) is 0 Å². The lowest BCUT2D eigenvalue weighted by Gasteiger charge is -2.32. The van der Waals surface area contributed by atoms with E-state index in [1.165, 1.54) is 35.2 Å². The minimum Gasteiger partial charge on any atom is -0.352 e. The standard InChI is InChI=1S/C29H34FN3O4S/c1-5-22(3)31-29(35)23(4)32(19-24-11-9-10-14-27(24)30)28(34)20-33(25-17-15-21(2)16-18-25)38(36,37)26-12-7-6-8-13-26/h6-18,22-23H,5,19-20H2,1-4H3,(H,31,35)/t22-,23-/m1/s1. The fourth-order valence-electron chi connectivity index (χ4n) is 3.82. The Labute approximate surface area is 224 Å². The van der Waals surface area contributed by atoms with E-state index in [0.717, 1.165) is 9.87 Å². The van der Waals surface area contributed by atoms with Crippen LogP contribution < -0.4 is 9.62 Å². The molecule has 9 heteroatoms. The zero-order valence-electron chi connectivity index (χ0n) is 22.1. The molecule has 0 radical (unpaired) electrons. The summed E-state index contributed by atoms with van der Waals surface area (Å²) in [5.41, 5.74) is 1.45. The molecule has 0 aliphatic carbocycles. The van der Waals surface area contributed by atoms with Gasteiger partial charge in [-0.15, -0.1) is 0 Å². The van der Waals surface area contributed by atoms with Crippen LogP contribution in [0.5, 0.6) is 0 Å². The van der Waals surface area contributed by atoms with Crippen LogP contribution in [0.2, 0.25) is 0 Å². The Bertz CT molecular complexity index is 1350. The molecule has 7 nitrogen and oxygen atoms in total. The van der Waals surface area contributed by atoms with Crippen LogP contribution in [0.25, 0.3) is 0 Å². The summed E-state index contributed by atoms with van der Waals surface area (Å²) in [6, 6.07) is 19.5. The first-order valence-corrected chi connectivity index (χ1v) is 14.0. The lowest BCUT2D eigenvalue weighted by Crippen LogP contribution is -2.52. The number of nitrogens with zero attached hydrogens (tertiary/aromatic N) is 2. The molecule has 0 unspecified atom stereocenters. The number of halogens is 1. The molecule has 0 spiro atoms. The molecule has 2 amide bonds. The average molecular weight is 540 g/mol. The van der Waals surface area contributed by atoms with Gasteiger partial charge in [0.1, 0.15) is 18.4 Å². The number of hydrogen-bond donors (Lipinski definition) is 1. The molecular formula is C29H34FN3O4S. The van der Waals surface area contributed by atoms with Gasteiger partial charge >= 0.3 is 0 Å². The highest BCUT2D eigenvalue weighted by Crippen LogP contribution is 2.25. The maximum atomic E-state index is 14.6. The van der Waals surface area contributed by atoms with Gasteiger partial charge < -0.3 is 10.2 Å². The summed E-state index contributed by atoms with van der Waals surface area (Å²) >= 11 is 0. The minimum absolute atomic E-state index is 0.0246. The van der Waals surface area contributed by atoms with E-state index in [2.05, 4.69) is 5.32 Å². The third-order valence-electron chi connectivity index (χ3n) is 6.40. The van der Waals surface area contributed by atoms with Gasteiger partial charge in [-0.25, -0.2) is 12.8 Å². The third kappa shape index (κ3) is 6.98. The fraction of sp³-hybridized carbons (Fsp3) is 0.310. The number of benzene rings is 3. The Kier molecular flexibility index (Phi) is 9.63. The van der Waals surface area contributed by atoms with E-state index < -0.39 is 40.2 Å². The van der Waals surface area contributed by atoms with Crippen molar-refractivity contribution >= 4 is 27.5 Å². The first-order valence-electron chi connectivity index (χ1n) is 12.5. The van der Waals surface area contributed by atoms with Gasteiger partial charge in [-0.2, -0.15) is 0 Å². The van der Waals surface area contributed by atoms with Gasteiger partial charge in [-0.3, -0.25) is 13.9 Å². The molecule has 0 aromatic heterocycles. The molecular weight excluding hydrogens is 505 g/mol. The van der Waals surface area contributed by atoms with E-state index in [-0.39, 0.29) is 23.0 Å². The average Bonchev–Trinajstić information content (AvgIpc) is 2.91. The molecule has 3 aromatic rings. The maximum absolute atomic E-state index is 14.6. The molecule has 0 aliphatic heterocycles. The zero-order valence-corrected chi connectivity index (χ0v) is 22.9. The molecule has 38 heavy (non-hydrogen) atoms. The van der Waals surface area contributed by atoms with Gasteiger partial charge in [0.25, 0.3) is 10.0 Å². The molecule has 0 heterocycles. The summed E-state index contributed by atoms with van der Waals surface area (Å²) in [4.78, 5) is 28.1. The summed E-state index contributed by atoms with van der Waals surface area (Å²) in [6.45, 7) is 6.42. The summed E-state index contributed by atoms with van der Waals surface area (Å²) in [5.74, 6) is -1.57. The predicted octanol–water partition coefficient (Wildman–Crippen LogP) is 4.66. The van der Waals surface area contributed by atoms with E-state index in [1.807, 2.05) is 20.8 Å². The highest BCUT2D eigenvalue weighted by atomic mass is 32.2. The zero-order chi connectivity index (χ0) is 27.9. The lowest BCUT2D eigenvalue weighted by molar-refractivity contribution is -0.139.